The van der Waals surface area contributed by atoms with Gasteiger partial charge < -0.3 is 10.1 Å². The molecule has 1 N–H and O–H groups in total. The first-order chi connectivity index (χ1) is 15.3. The highest BCUT2D eigenvalue weighted by Crippen LogP contribution is 2.39. The molecule has 0 saturated heterocycles. The lowest BCUT2D eigenvalue weighted by Crippen LogP contribution is -2.29. The lowest BCUT2D eigenvalue weighted by molar-refractivity contribution is -0.119. The summed E-state index contributed by atoms with van der Waals surface area (Å²) in [7, 11) is 0. The van der Waals surface area contributed by atoms with Crippen molar-refractivity contribution in [2.45, 2.75) is 40.0 Å². The first-order valence-corrected chi connectivity index (χ1v) is 11.5. The van der Waals surface area contributed by atoms with E-state index in [1.807, 2.05) is 30.3 Å². The molecule has 0 unspecified atom stereocenters. The van der Waals surface area contributed by atoms with Gasteiger partial charge >= 0.3 is 5.97 Å². The number of nitrogens with zero attached hydrogens (tertiary/aromatic N) is 2. The van der Waals surface area contributed by atoms with Crippen LogP contribution in [0.4, 0.5) is 5.00 Å². The van der Waals surface area contributed by atoms with Gasteiger partial charge in [0.05, 0.1) is 16.6 Å². The van der Waals surface area contributed by atoms with Gasteiger partial charge in [0.1, 0.15) is 11.1 Å². The number of thiophene rings is 1. The number of esters is 1. The molecule has 0 saturated carbocycles. The normalized spacial score (nSPS) is 15.6. The second kappa shape index (κ2) is 8.71. The maximum absolute atomic E-state index is 13.2. The van der Waals surface area contributed by atoms with Gasteiger partial charge in [0, 0.05) is 11.1 Å². The van der Waals surface area contributed by atoms with Crippen LogP contribution in [0.1, 0.15) is 54.4 Å². The fourth-order valence-corrected chi connectivity index (χ4v) is 4.97. The number of rotatable bonds is 4. The number of hydrogen-bond acceptors (Lipinski definition) is 6. The number of nitriles is 1. The van der Waals surface area contributed by atoms with Crippen LogP contribution in [0.15, 0.2) is 35.7 Å². The lowest BCUT2D eigenvalue weighted by Gasteiger charge is -2.35. The largest absolute Gasteiger partial charge is 0.452 e. The predicted octanol–water partition coefficient (Wildman–Crippen LogP) is 5.11. The topological polar surface area (TPSA) is 92.1 Å². The highest BCUT2D eigenvalue weighted by atomic mass is 32.1. The Balaban J connectivity index is 1.61. The number of aryl methyl sites for hydroxylation is 1. The van der Waals surface area contributed by atoms with E-state index in [1.165, 1.54) is 11.3 Å². The zero-order chi connectivity index (χ0) is 22.9. The number of aromatic nitrogens is 1. The Hall–Kier alpha value is -3.24. The summed E-state index contributed by atoms with van der Waals surface area (Å²) in [5.74, 6) is -0.565. The molecular formula is C25H25N3O3S. The summed E-state index contributed by atoms with van der Waals surface area (Å²) in [6.07, 6.45) is 2.60. The third-order valence-corrected chi connectivity index (χ3v) is 6.89. The van der Waals surface area contributed by atoms with E-state index in [0.717, 1.165) is 41.4 Å². The highest BCUT2D eigenvalue weighted by Gasteiger charge is 2.33. The second-order valence-electron chi connectivity index (χ2n) is 9.13. The molecule has 1 aliphatic rings. The van der Waals surface area contributed by atoms with Crippen LogP contribution in [0.2, 0.25) is 0 Å². The molecule has 32 heavy (non-hydrogen) atoms. The van der Waals surface area contributed by atoms with Crippen LogP contribution >= 0.6 is 11.3 Å². The van der Waals surface area contributed by atoms with Gasteiger partial charge in [-0.1, -0.05) is 39.0 Å². The Morgan fingerprint density at radius 3 is 2.81 bits per heavy atom. The fraction of sp³-hybridized carbons (Fsp3) is 0.360. The van der Waals surface area contributed by atoms with Crippen molar-refractivity contribution in [3.05, 3.63) is 58.1 Å². The van der Waals surface area contributed by atoms with E-state index in [-0.39, 0.29) is 5.41 Å². The van der Waals surface area contributed by atoms with Crippen molar-refractivity contribution in [2.75, 3.05) is 11.9 Å². The molecule has 0 bridgehead atoms. The maximum Gasteiger partial charge on any atom is 0.339 e. The first kappa shape index (κ1) is 22.0. The Bertz CT molecular complexity index is 1230. The number of benzene rings is 1. The van der Waals surface area contributed by atoms with Crippen LogP contribution in [0.3, 0.4) is 0 Å². The minimum Gasteiger partial charge on any atom is -0.452 e. The highest BCUT2D eigenvalue weighted by molar-refractivity contribution is 7.14. The lowest BCUT2D eigenvalue weighted by atomic mass is 9.70. The molecule has 0 fully saturated rings. The van der Waals surface area contributed by atoms with Gasteiger partial charge in [-0.25, -0.2) is 4.79 Å². The van der Waals surface area contributed by atoms with Crippen LogP contribution in [0.5, 0.6) is 0 Å². The monoisotopic (exact) mass is 447 g/mol. The smallest absolute Gasteiger partial charge is 0.339 e. The van der Waals surface area contributed by atoms with Crippen molar-refractivity contribution < 1.29 is 14.3 Å². The summed E-state index contributed by atoms with van der Waals surface area (Å²) in [6.45, 7) is 6.24. The van der Waals surface area contributed by atoms with Crippen molar-refractivity contribution >= 4 is 39.1 Å². The van der Waals surface area contributed by atoms with Gasteiger partial charge in [-0.2, -0.15) is 5.26 Å². The second-order valence-corrected chi connectivity index (χ2v) is 10.1. The standard InChI is InChI=1S/C25H25N3O3S/c1-25(2,3)16-8-9-20-18(12-16)22(17-6-4-5-7-19(17)27-20)24(30)31-14-21(29)28-23-15(13-26)10-11-32-23/h4-7,10-11,16H,8-9,12,14H2,1-3H3,(H,28,29)/t16-/m0/s1. The van der Waals surface area contributed by atoms with Crippen molar-refractivity contribution in [1.82, 2.24) is 4.98 Å². The molecule has 6 nitrogen and oxygen atoms in total. The van der Waals surface area contributed by atoms with Crippen LogP contribution in [-0.2, 0) is 22.4 Å². The van der Waals surface area contributed by atoms with Crippen molar-refractivity contribution in [2.24, 2.45) is 11.3 Å². The molecule has 2 heterocycles. The van der Waals surface area contributed by atoms with E-state index < -0.39 is 18.5 Å². The minimum absolute atomic E-state index is 0.115. The fourth-order valence-electron chi connectivity index (χ4n) is 4.22. The van der Waals surface area contributed by atoms with Crippen molar-refractivity contribution in [3.63, 3.8) is 0 Å². The molecule has 1 atom stereocenters. The average molecular weight is 448 g/mol. The van der Waals surface area contributed by atoms with E-state index in [4.69, 9.17) is 15.0 Å². The molecule has 4 rings (SSSR count). The number of carbonyl (C=O) groups excluding carboxylic acids is 2. The number of ether oxygens (including phenoxy) is 1. The molecule has 2 aromatic heterocycles. The molecule has 0 aliphatic heterocycles. The van der Waals surface area contributed by atoms with Crippen LogP contribution in [0, 0.1) is 22.7 Å². The summed E-state index contributed by atoms with van der Waals surface area (Å²) < 4.78 is 5.45. The minimum atomic E-state index is -0.517. The van der Waals surface area contributed by atoms with Crippen LogP contribution in [-0.4, -0.2) is 23.5 Å². The number of carbonyl (C=O) groups is 2. The summed E-state index contributed by atoms with van der Waals surface area (Å²) in [4.78, 5) is 30.4. The predicted molar refractivity (Wildman–Crippen MR) is 125 cm³/mol. The van der Waals surface area contributed by atoms with E-state index in [0.29, 0.717) is 22.0 Å². The molecule has 1 aromatic carbocycles. The Labute approximate surface area is 191 Å². The molecule has 164 valence electrons. The summed E-state index contributed by atoms with van der Waals surface area (Å²) in [5, 5.41) is 14.7. The molecule has 1 amide bonds. The van der Waals surface area contributed by atoms with Crippen LogP contribution < -0.4 is 5.32 Å². The zero-order valence-corrected chi connectivity index (χ0v) is 19.2. The van der Waals surface area contributed by atoms with E-state index in [2.05, 4.69) is 26.1 Å². The SMILES string of the molecule is CC(C)(C)[C@H]1CCc2nc3ccccc3c(C(=O)OCC(=O)Nc3sccc3C#N)c2C1. The van der Waals surface area contributed by atoms with Gasteiger partial charge in [-0.3, -0.25) is 9.78 Å². The van der Waals surface area contributed by atoms with Crippen LogP contribution in [0.25, 0.3) is 10.9 Å². The number of pyridine rings is 1. The Kier molecular flexibility index (Phi) is 5.98. The van der Waals surface area contributed by atoms with Gasteiger partial charge in [0.25, 0.3) is 5.91 Å². The molecule has 1 aliphatic carbocycles. The quantitative estimate of drug-likeness (QED) is 0.561. The maximum atomic E-state index is 13.2. The van der Waals surface area contributed by atoms with Gasteiger partial charge in [-0.15, -0.1) is 11.3 Å². The number of anilines is 1. The van der Waals surface area contributed by atoms with Crippen molar-refractivity contribution in [3.8, 4) is 6.07 Å². The molecule has 3 aromatic rings. The van der Waals surface area contributed by atoms with Crippen molar-refractivity contribution in [1.29, 1.82) is 5.26 Å². The van der Waals surface area contributed by atoms with E-state index in [1.54, 1.807) is 11.4 Å². The summed E-state index contributed by atoms with van der Waals surface area (Å²) in [5.41, 5.74) is 3.65. The van der Waals surface area contributed by atoms with Gasteiger partial charge in [-0.05, 0) is 53.7 Å². The number of amides is 1. The Morgan fingerprint density at radius 2 is 2.06 bits per heavy atom. The number of para-hydroxylation sites is 1. The van der Waals surface area contributed by atoms with Gasteiger partial charge in [0.15, 0.2) is 6.61 Å². The number of hydrogen-bond donors (Lipinski definition) is 1. The number of nitrogens with one attached hydrogen (secondary N) is 1. The molecule has 7 heteroatoms. The van der Waals surface area contributed by atoms with Gasteiger partial charge in [0.2, 0.25) is 0 Å². The molecule has 0 radical (unpaired) electrons. The first-order valence-electron chi connectivity index (χ1n) is 10.6. The average Bonchev–Trinajstić information content (AvgIpc) is 3.21. The Morgan fingerprint density at radius 1 is 1.28 bits per heavy atom. The summed E-state index contributed by atoms with van der Waals surface area (Å²) in [6, 6.07) is 11.2. The molecule has 0 spiro atoms. The zero-order valence-electron chi connectivity index (χ0n) is 18.4. The summed E-state index contributed by atoms with van der Waals surface area (Å²) >= 11 is 1.25. The van der Waals surface area contributed by atoms with E-state index >= 15 is 0 Å². The number of fused-ring (bicyclic) bond motifs is 2. The molecular weight excluding hydrogens is 422 g/mol. The third kappa shape index (κ3) is 4.37. The van der Waals surface area contributed by atoms with E-state index in [9.17, 15) is 9.59 Å². The third-order valence-electron chi connectivity index (χ3n) is 6.06.